The Bertz CT molecular complexity index is 1150. The van der Waals surface area contributed by atoms with Crippen LogP contribution in [0.2, 0.25) is 0 Å². The number of aromatic hydroxyl groups is 1. The maximum absolute atomic E-state index is 13.9. The number of carbonyl (C=O) groups is 2. The summed E-state index contributed by atoms with van der Waals surface area (Å²) < 4.78 is 0. The molecule has 0 aromatic heterocycles. The van der Waals surface area contributed by atoms with Crippen LogP contribution in [0.3, 0.4) is 0 Å². The van der Waals surface area contributed by atoms with Crippen molar-refractivity contribution >= 4 is 17.6 Å². The number of rotatable bonds is 6. The Morgan fingerprint density at radius 2 is 1.70 bits per heavy atom. The fourth-order valence-electron chi connectivity index (χ4n) is 4.54. The number of benzene rings is 3. The van der Waals surface area contributed by atoms with E-state index in [0.717, 1.165) is 41.6 Å². The Labute approximate surface area is 194 Å². The molecule has 0 spiro atoms. The molecule has 5 heteroatoms. The van der Waals surface area contributed by atoms with E-state index >= 15 is 0 Å². The molecule has 5 nitrogen and oxygen atoms in total. The molecule has 1 unspecified atom stereocenters. The second-order valence-corrected chi connectivity index (χ2v) is 8.96. The number of anilines is 1. The van der Waals surface area contributed by atoms with E-state index in [4.69, 9.17) is 0 Å². The molecule has 0 saturated heterocycles. The van der Waals surface area contributed by atoms with Gasteiger partial charge in [-0.2, -0.15) is 0 Å². The summed E-state index contributed by atoms with van der Waals surface area (Å²) in [5.41, 5.74) is 4.84. The SMILES string of the molecule is CC(C)c1ccc(N(Cc2ccc(C(=O)O)cc2)C(=O)C2CCCc3c(O)cccc32)cc1. The third-order valence-electron chi connectivity index (χ3n) is 6.46. The van der Waals surface area contributed by atoms with Crippen molar-refractivity contribution in [1.82, 2.24) is 0 Å². The van der Waals surface area contributed by atoms with Crippen LogP contribution in [0.15, 0.2) is 66.7 Å². The first-order valence-corrected chi connectivity index (χ1v) is 11.4. The number of hydrogen-bond donors (Lipinski definition) is 2. The number of hydrogen-bond acceptors (Lipinski definition) is 3. The van der Waals surface area contributed by atoms with Crippen molar-refractivity contribution in [3.63, 3.8) is 0 Å². The van der Waals surface area contributed by atoms with Crippen molar-refractivity contribution in [3.05, 3.63) is 94.5 Å². The molecule has 0 fully saturated rings. The number of amides is 1. The predicted octanol–water partition coefficient (Wildman–Crippen LogP) is 5.87. The van der Waals surface area contributed by atoms with E-state index in [0.29, 0.717) is 12.5 Å². The van der Waals surface area contributed by atoms with E-state index in [9.17, 15) is 19.8 Å². The topological polar surface area (TPSA) is 77.8 Å². The molecule has 0 saturated carbocycles. The molecule has 1 atom stereocenters. The summed E-state index contributed by atoms with van der Waals surface area (Å²) in [6.45, 7) is 4.60. The lowest BCUT2D eigenvalue weighted by Gasteiger charge is -2.31. The number of nitrogens with zero attached hydrogens (tertiary/aromatic N) is 1. The summed E-state index contributed by atoms with van der Waals surface area (Å²) >= 11 is 0. The summed E-state index contributed by atoms with van der Waals surface area (Å²) in [4.78, 5) is 26.9. The van der Waals surface area contributed by atoms with E-state index < -0.39 is 5.97 Å². The largest absolute Gasteiger partial charge is 0.508 e. The van der Waals surface area contributed by atoms with Crippen LogP contribution in [0.4, 0.5) is 5.69 Å². The summed E-state index contributed by atoms with van der Waals surface area (Å²) in [5.74, 6) is -0.676. The average Bonchev–Trinajstić information content (AvgIpc) is 2.82. The van der Waals surface area contributed by atoms with Crippen molar-refractivity contribution in [1.29, 1.82) is 0 Å². The van der Waals surface area contributed by atoms with Gasteiger partial charge in [0, 0.05) is 5.69 Å². The van der Waals surface area contributed by atoms with E-state index in [2.05, 4.69) is 26.0 Å². The van der Waals surface area contributed by atoms with Gasteiger partial charge >= 0.3 is 5.97 Å². The third-order valence-corrected chi connectivity index (χ3v) is 6.46. The Morgan fingerprint density at radius 3 is 2.33 bits per heavy atom. The second-order valence-electron chi connectivity index (χ2n) is 8.96. The number of carbonyl (C=O) groups excluding carboxylic acids is 1. The van der Waals surface area contributed by atoms with E-state index in [1.54, 1.807) is 41.3 Å². The quantitative estimate of drug-likeness (QED) is 0.500. The zero-order valence-electron chi connectivity index (χ0n) is 19.0. The van der Waals surface area contributed by atoms with Crippen LogP contribution in [0.25, 0.3) is 0 Å². The number of carboxylic acids is 1. The van der Waals surface area contributed by atoms with Crippen LogP contribution in [-0.4, -0.2) is 22.1 Å². The Balaban J connectivity index is 1.70. The van der Waals surface area contributed by atoms with Crippen LogP contribution in [0.1, 0.15) is 71.1 Å². The summed E-state index contributed by atoms with van der Waals surface area (Å²) in [7, 11) is 0. The van der Waals surface area contributed by atoms with Crippen molar-refractivity contribution in [2.24, 2.45) is 0 Å². The van der Waals surface area contributed by atoms with Gasteiger partial charge in [-0.25, -0.2) is 4.79 Å². The fourth-order valence-corrected chi connectivity index (χ4v) is 4.54. The van der Waals surface area contributed by atoms with Gasteiger partial charge in [0.1, 0.15) is 5.75 Å². The van der Waals surface area contributed by atoms with Gasteiger partial charge in [-0.3, -0.25) is 4.79 Å². The monoisotopic (exact) mass is 443 g/mol. The first kappa shape index (κ1) is 22.6. The van der Waals surface area contributed by atoms with Gasteiger partial charge in [0.15, 0.2) is 0 Å². The first-order chi connectivity index (χ1) is 15.8. The van der Waals surface area contributed by atoms with Gasteiger partial charge in [0.2, 0.25) is 5.91 Å². The Kier molecular flexibility index (Phi) is 6.50. The highest BCUT2D eigenvalue weighted by atomic mass is 16.4. The van der Waals surface area contributed by atoms with E-state index in [1.807, 2.05) is 18.2 Å². The van der Waals surface area contributed by atoms with Crippen LogP contribution < -0.4 is 4.90 Å². The highest BCUT2D eigenvalue weighted by molar-refractivity contribution is 5.98. The predicted molar refractivity (Wildman–Crippen MR) is 129 cm³/mol. The molecule has 0 aliphatic heterocycles. The van der Waals surface area contributed by atoms with Crippen LogP contribution in [-0.2, 0) is 17.8 Å². The summed E-state index contributed by atoms with van der Waals surface area (Å²) in [6.07, 6.45) is 2.34. The minimum absolute atomic E-state index is 0.0128. The maximum atomic E-state index is 13.9. The standard InChI is InChI=1S/C28H29NO4/c1-18(2)20-13-15-22(16-14-20)29(17-19-9-11-21(12-10-19)28(32)33)27(31)25-7-3-6-24-23(25)5-4-8-26(24)30/h4-5,8-16,18,25,30H,3,6-7,17H2,1-2H3,(H,32,33). The lowest BCUT2D eigenvalue weighted by Crippen LogP contribution is -2.36. The molecule has 1 aliphatic carbocycles. The van der Waals surface area contributed by atoms with Gasteiger partial charge in [0.25, 0.3) is 0 Å². The van der Waals surface area contributed by atoms with Crippen molar-refractivity contribution in [2.75, 3.05) is 4.90 Å². The average molecular weight is 444 g/mol. The molecular weight excluding hydrogens is 414 g/mol. The molecule has 3 aromatic rings. The highest BCUT2D eigenvalue weighted by Gasteiger charge is 2.32. The molecule has 170 valence electrons. The summed E-state index contributed by atoms with van der Waals surface area (Å²) in [6, 6.07) is 20.1. The number of carboxylic acid groups (broad SMARTS) is 1. The van der Waals surface area contributed by atoms with E-state index in [1.165, 1.54) is 5.56 Å². The number of fused-ring (bicyclic) bond motifs is 1. The minimum atomic E-state index is -0.975. The number of phenolic OH excluding ortho intramolecular Hbond substituents is 1. The van der Waals surface area contributed by atoms with Gasteiger partial charge in [-0.1, -0.05) is 50.2 Å². The van der Waals surface area contributed by atoms with Crippen molar-refractivity contribution in [2.45, 2.75) is 51.5 Å². The zero-order valence-corrected chi connectivity index (χ0v) is 19.0. The molecule has 0 radical (unpaired) electrons. The summed E-state index contributed by atoms with van der Waals surface area (Å²) in [5, 5.41) is 19.5. The second kappa shape index (κ2) is 9.49. The number of phenols is 1. The smallest absolute Gasteiger partial charge is 0.335 e. The first-order valence-electron chi connectivity index (χ1n) is 11.4. The van der Waals surface area contributed by atoms with Crippen LogP contribution in [0.5, 0.6) is 5.75 Å². The van der Waals surface area contributed by atoms with Crippen LogP contribution >= 0.6 is 0 Å². The molecule has 1 aliphatic rings. The van der Waals surface area contributed by atoms with E-state index in [-0.39, 0.29) is 23.1 Å². The molecule has 33 heavy (non-hydrogen) atoms. The molecule has 2 N–H and O–H groups in total. The normalized spacial score (nSPS) is 15.2. The van der Waals surface area contributed by atoms with Gasteiger partial charge in [-0.15, -0.1) is 0 Å². The molecule has 3 aromatic carbocycles. The van der Waals surface area contributed by atoms with Gasteiger partial charge < -0.3 is 15.1 Å². The minimum Gasteiger partial charge on any atom is -0.508 e. The zero-order chi connectivity index (χ0) is 23.5. The fraction of sp³-hybridized carbons (Fsp3) is 0.286. The van der Waals surface area contributed by atoms with Crippen LogP contribution in [0, 0.1) is 0 Å². The third kappa shape index (κ3) is 4.77. The molecule has 0 heterocycles. The maximum Gasteiger partial charge on any atom is 0.335 e. The lowest BCUT2D eigenvalue weighted by atomic mass is 9.81. The molecule has 4 rings (SSSR count). The number of aromatic carboxylic acids is 1. The molecular formula is C28H29NO4. The van der Waals surface area contributed by atoms with Crippen molar-refractivity contribution in [3.8, 4) is 5.75 Å². The highest BCUT2D eigenvalue weighted by Crippen LogP contribution is 2.38. The lowest BCUT2D eigenvalue weighted by molar-refractivity contribution is -0.120. The van der Waals surface area contributed by atoms with Gasteiger partial charge in [0.05, 0.1) is 18.0 Å². The van der Waals surface area contributed by atoms with Crippen molar-refractivity contribution < 1.29 is 19.8 Å². The molecule has 0 bridgehead atoms. The Hall–Kier alpha value is -3.60. The molecule has 1 amide bonds. The Morgan fingerprint density at radius 1 is 1.00 bits per heavy atom. The van der Waals surface area contributed by atoms with Gasteiger partial charge in [-0.05, 0) is 77.8 Å².